The summed E-state index contributed by atoms with van der Waals surface area (Å²) in [6.45, 7) is 20.4. The van der Waals surface area contributed by atoms with E-state index < -0.39 is 14.1 Å². The Morgan fingerprint density at radius 2 is 0.988 bits per heavy atom. The highest BCUT2D eigenvalue weighted by Gasteiger charge is 2.49. The van der Waals surface area contributed by atoms with Crippen LogP contribution in [0.1, 0.15) is 85.9 Å². The molecule has 414 valence electrons. The molecule has 0 radical (unpaired) electrons. The fourth-order valence-corrected chi connectivity index (χ4v) is 17.5. The SMILES string of the molecule is [2H]c1c([2H])c([2H])c(-c2cccc(-c3cc(-c4ccc(C(C)(C)C)cc4)cc(C(C)(C)C)c3)c2N2CN(c3cccc(Oc4ccc5c(c4)N(c4cc(C(C)(C)C)ccn4)c4ccccc4[Si]5(c4ccccc4)c4ccccc4)c3)c3ccccc32)c([2H])c1[2H]. The monoisotopic (exact) mass is 1110 g/mol. The van der Waals surface area contributed by atoms with Crippen molar-refractivity contribution in [3.05, 3.63) is 278 Å². The Labute approximate surface area is 505 Å². The summed E-state index contributed by atoms with van der Waals surface area (Å²) in [5, 5.41) is 5.07. The minimum Gasteiger partial charge on any atom is -0.457 e. The molecule has 0 N–H and O–H groups in total. The van der Waals surface area contributed by atoms with Crippen LogP contribution in [0.3, 0.4) is 0 Å². The maximum Gasteiger partial charge on any atom is 0.184 e. The van der Waals surface area contributed by atoms with Gasteiger partial charge in [-0.05, 0) is 131 Å². The minimum atomic E-state index is -3.00. The van der Waals surface area contributed by atoms with Gasteiger partial charge in [-0.2, -0.15) is 0 Å². The van der Waals surface area contributed by atoms with Crippen LogP contribution in [-0.2, 0) is 16.2 Å². The van der Waals surface area contributed by atoms with Gasteiger partial charge in [-0.25, -0.2) is 4.98 Å². The Kier molecular flexibility index (Phi) is 12.2. The molecule has 11 aromatic rings. The van der Waals surface area contributed by atoms with Crippen LogP contribution in [-0.4, -0.2) is 19.7 Å². The second kappa shape index (κ2) is 21.2. The zero-order chi connectivity index (χ0) is 62.3. The van der Waals surface area contributed by atoms with E-state index in [-0.39, 0.29) is 46.0 Å². The number of aromatic nitrogens is 1. The van der Waals surface area contributed by atoms with Crippen LogP contribution < -0.4 is 40.2 Å². The summed E-state index contributed by atoms with van der Waals surface area (Å²) in [6, 6.07) is 78.2. The maximum absolute atomic E-state index is 9.42. The molecule has 0 aliphatic carbocycles. The van der Waals surface area contributed by atoms with Gasteiger partial charge < -0.3 is 14.5 Å². The Morgan fingerprint density at radius 1 is 0.417 bits per heavy atom. The highest BCUT2D eigenvalue weighted by molar-refractivity contribution is 7.21. The zero-order valence-corrected chi connectivity index (χ0v) is 50.3. The molecule has 0 atom stereocenters. The van der Waals surface area contributed by atoms with Crippen molar-refractivity contribution in [1.29, 1.82) is 0 Å². The topological polar surface area (TPSA) is 31.8 Å². The molecular formula is C78H72N4OSi. The van der Waals surface area contributed by atoms with Crippen LogP contribution in [0.15, 0.2) is 261 Å². The van der Waals surface area contributed by atoms with Crippen molar-refractivity contribution >= 4 is 68.8 Å². The molecule has 0 saturated carbocycles. The lowest BCUT2D eigenvalue weighted by atomic mass is 9.82. The first-order chi connectivity index (χ1) is 42.6. The van der Waals surface area contributed by atoms with Crippen molar-refractivity contribution in [2.24, 2.45) is 0 Å². The van der Waals surface area contributed by atoms with Gasteiger partial charge in [-0.15, -0.1) is 0 Å². The van der Waals surface area contributed by atoms with Crippen LogP contribution in [0.4, 0.5) is 39.9 Å². The molecule has 6 heteroatoms. The van der Waals surface area contributed by atoms with Crippen molar-refractivity contribution in [1.82, 2.24) is 4.98 Å². The molecule has 84 heavy (non-hydrogen) atoms. The molecule has 0 fully saturated rings. The average molecular weight is 1110 g/mol. The number of anilines is 7. The van der Waals surface area contributed by atoms with Crippen molar-refractivity contribution in [2.45, 2.75) is 78.6 Å². The van der Waals surface area contributed by atoms with Crippen molar-refractivity contribution < 1.29 is 11.6 Å². The average Bonchev–Trinajstić information content (AvgIpc) is 1.13. The highest BCUT2D eigenvalue weighted by Crippen LogP contribution is 2.51. The second-order valence-corrected chi connectivity index (χ2v) is 29.1. The summed E-state index contributed by atoms with van der Waals surface area (Å²) in [5.41, 5.74) is 13.3. The lowest BCUT2D eigenvalue weighted by Crippen LogP contribution is -2.77. The Hall–Kier alpha value is -9.23. The van der Waals surface area contributed by atoms with Gasteiger partial charge in [0.25, 0.3) is 0 Å². The summed E-state index contributed by atoms with van der Waals surface area (Å²) >= 11 is 0. The van der Waals surface area contributed by atoms with Gasteiger partial charge in [0.15, 0.2) is 8.07 Å². The number of nitrogens with zero attached hydrogens (tertiary/aromatic N) is 4. The van der Waals surface area contributed by atoms with Gasteiger partial charge in [0.2, 0.25) is 0 Å². The summed E-state index contributed by atoms with van der Waals surface area (Å²) in [5.74, 6) is 2.14. The van der Waals surface area contributed by atoms with E-state index in [4.69, 9.17) is 13.8 Å². The molecule has 13 rings (SSSR count). The molecule has 0 bridgehead atoms. The smallest absolute Gasteiger partial charge is 0.184 e. The number of fused-ring (bicyclic) bond motifs is 3. The summed E-state index contributed by atoms with van der Waals surface area (Å²) in [7, 11) is -3.00. The predicted octanol–water partition coefficient (Wildman–Crippen LogP) is 18.2. The van der Waals surface area contributed by atoms with E-state index in [1.807, 2.05) is 42.6 Å². The lowest BCUT2D eigenvalue weighted by Gasteiger charge is -2.44. The first-order valence-corrected chi connectivity index (χ1v) is 31.1. The molecule has 0 unspecified atom stereocenters. The van der Waals surface area contributed by atoms with Gasteiger partial charge in [-0.1, -0.05) is 250 Å². The van der Waals surface area contributed by atoms with Crippen LogP contribution in [0.2, 0.25) is 0 Å². The first kappa shape index (κ1) is 48.3. The van der Waals surface area contributed by atoms with Crippen LogP contribution in [0.25, 0.3) is 33.4 Å². The van der Waals surface area contributed by atoms with Gasteiger partial charge in [-0.3, -0.25) is 4.90 Å². The summed E-state index contributed by atoms with van der Waals surface area (Å²) in [4.78, 5) is 12.0. The van der Waals surface area contributed by atoms with Crippen LogP contribution in [0.5, 0.6) is 11.5 Å². The van der Waals surface area contributed by atoms with E-state index in [9.17, 15) is 2.74 Å². The van der Waals surface area contributed by atoms with Crippen LogP contribution in [0, 0.1) is 0 Å². The number of hydrogen-bond donors (Lipinski definition) is 0. The van der Waals surface area contributed by atoms with Gasteiger partial charge >= 0.3 is 0 Å². The third kappa shape index (κ3) is 9.78. The number of benzene rings is 10. The largest absolute Gasteiger partial charge is 0.457 e. The number of ether oxygens (including phenoxy) is 1. The van der Waals surface area contributed by atoms with Crippen molar-refractivity contribution in [3.8, 4) is 44.9 Å². The molecule has 1 aromatic heterocycles. The molecule has 0 amide bonds. The standard InChI is InChI=1S/C78H72N4OSi/c1-76(2,3)58-41-39-54(40-42-58)56-47-57(49-60(48-56)78(7,8)9)67-34-24-33-66(55-25-13-10-14-26-55)75(67)81-53-80(68-35-19-20-36-69(68)81)61-27-23-28-62(51-61)83-63-43-44-73-71(52-63)82(74-50-59(45-46-79-74)77(4,5)6)70-37-21-22-38-72(70)84(73,64-29-15-11-16-30-64)65-31-17-12-18-32-65/h10-52H,53H2,1-9H3/i10D,13D,14D,25D,26D. The molecule has 0 spiro atoms. The molecule has 2 aliphatic rings. The van der Waals surface area contributed by atoms with Gasteiger partial charge in [0, 0.05) is 40.8 Å². The fourth-order valence-electron chi connectivity index (χ4n) is 12.4. The van der Waals surface area contributed by atoms with Gasteiger partial charge in [0.1, 0.15) is 24.0 Å². The zero-order valence-electron chi connectivity index (χ0n) is 54.3. The molecule has 2 aliphatic heterocycles. The summed E-state index contributed by atoms with van der Waals surface area (Å²) in [6.07, 6.45) is 1.93. The van der Waals surface area contributed by atoms with E-state index in [0.29, 0.717) is 23.7 Å². The fraction of sp³-hybridized carbons (Fsp3) is 0.167. The van der Waals surface area contributed by atoms with E-state index in [1.165, 1.54) is 31.9 Å². The van der Waals surface area contributed by atoms with Gasteiger partial charge in [0.05, 0.1) is 29.6 Å². The number of pyridine rings is 1. The van der Waals surface area contributed by atoms with Crippen molar-refractivity contribution in [3.63, 3.8) is 0 Å². The Bertz CT molecular complexity index is 4470. The first-order valence-electron chi connectivity index (χ1n) is 31.6. The number of rotatable bonds is 10. The summed E-state index contributed by atoms with van der Waals surface area (Å²) < 4.78 is 52.4. The van der Waals surface area contributed by atoms with E-state index in [0.717, 1.165) is 67.8 Å². The number of hydrogen-bond acceptors (Lipinski definition) is 5. The van der Waals surface area contributed by atoms with E-state index in [1.54, 1.807) is 0 Å². The molecule has 3 heterocycles. The minimum absolute atomic E-state index is 0.0121. The van der Waals surface area contributed by atoms with Crippen LogP contribution >= 0.6 is 0 Å². The predicted molar refractivity (Wildman–Crippen MR) is 357 cm³/mol. The van der Waals surface area contributed by atoms with Crippen molar-refractivity contribution in [2.75, 3.05) is 21.4 Å². The Balaban J connectivity index is 0.948. The highest BCUT2D eigenvalue weighted by atomic mass is 28.3. The Morgan fingerprint density at radius 3 is 1.65 bits per heavy atom. The maximum atomic E-state index is 9.42. The molecule has 10 aromatic carbocycles. The molecular weight excluding hydrogens is 1040 g/mol. The lowest BCUT2D eigenvalue weighted by molar-refractivity contribution is 0.483. The molecule has 5 nitrogen and oxygen atoms in total. The second-order valence-electron chi connectivity index (χ2n) is 25.3. The third-order valence-corrected chi connectivity index (χ3v) is 21.7. The number of para-hydroxylation sites is 4. The van der Waals surface area contributed by atoms with E-state index in [2.05, 4.69) is 265 Å². The quantitative estimate of drug-likeness (QED) is 0.127. The molecule has 0 saturated heterocycles. The normalized spacial score (nSPS) is 14.6. The van der Waals surface area contributed by atoms with E-state index >= 15 is 0 Å². The third-order valence-electron chi connectivity index (χ3n) is 16.8.